The van der Waals surface area contributed by atoms with Crippen LogP contribution in [0.25, 0.3) is 0 Å². The second-order valence-corrected chi connectivity index (χ2v) is 5.68. The minimum Gasteiger partial charge on any atom is -0.371 e. The van der Waals surface area contributed by atoms with Crippen molar-refractivity contribution >= 4 is 42.1 Å². The van der Waals surface area contributed by atoms with Crippen LogP contribution in [0.3, 0.4) is 0 Å². The van der Waals surface area contributed by atoms with Gasteiger partial charge in [0.1, 0.15) is 0 Å². The quantitative estimate of drug-likeness (QED) is 0.874. The average Bonchev–Trinajstić information content (AvgIpc) is 2.66. The van der Waals surface area contributed by atoms with E-state index in [1.807, 2.05) is 19.1 Å². The van der Waals surface area contributed by atoms with Gasteiger partial charge in [-0.05, 0) is 38.0 Å². The molecule has 0 saturated carbocycles. The summed E-state index contributed by atoms with van der Waals surface area (Å²) in [6, 6.07) is 8.00. The van der Waals surface area contributed by atoms with Crippen LogP contribution in [0, 0.1) is 0 Å². The molecule has 1 heterocycles. The summed E-state index contributed by atoms with van der Waals surface area (Å²) in [7, 11) is 0. The van der Waals surface area contributed by atoms with Crippen LogP contribution in [0.1, 0.15) is 39.0 Å². The fourth-order valence-electron chi connectivity index (χ4n) is 2.61. The highest BCUT2D eigenvalue weighted by Gasteiger charge is 2.11. The van der Waals surface area contributed by atoms with Gasteiger partial charge in [0, 0.05) is 36.9 Å². The van der Waals surface area contributed by atoms with Crippen molar-refractivity contribution in [2.75, 3.05) is 23.3 Å². The molecule has 0 aliphatic carbocycles. The molecule has 1 aromatic rings. The Kier molecular flexibility index (Phi) is 10.2. The maximum absolute atomic E-state index is 11.8. The van der Waals surface area contributed by atoms with Crippen molar-refractivity contribution in [1.29, 1.82) is 0 Å². The van der Waals surface area contributed by atoms with Crippen LogP contribution in [0.4, 0.5) is 11.4 Å². The summed E-state index contributed by atoms with van der Waals surface area (Å²) >= 11 is 0. The summed E-state index contributed by atoms with van der Waals surface area (Å²) in [6.45, 7) is 4.06. The third-order valence-corrected chi connectivity index (χ3v) is 3.61. The summed E-state index contributed by atoms with van der Waals surface area (Å²) in [5.74, 6) is -0.0204. The Morgan fingerprint density at radius 1 is 1.23 bits per heavy atom. The van der Waals surface area contributed by atoms with Crippen molar-refractivity contribution in [3.8, 4) is 0 Å². The van der Waals surface area contributed by atoms with E-state index in [0.29, 0.717) is 6.42 Å². The zero-order valence-corrected chi connectivity index (χ0v) is 14.7. The van der Waals surface area contributed by atoms with Crippen molar-refractivity contribution in [2.45, 2.75) is 45.1 Å². The molecule has 3 N–H and O–H groups in total. The van der Waals surface area contributed by atoms with Crippen LogP contribution in [0.2, 0.25) is 0 Å². The second-order valence-electron chi connectivity index (χ2n) is 5.68. The van der Waals surface area contributed by atoms with E-state index in [2.05, 4.69) is 22.3 Å². The number of carbonyl (C=O) groups is 1. The highest BCUT2D eigenvalue weighted by Crippen LogP contribution is 2.22. The van der Waals surface area contributed by atoms with E-state index in [-0.39, 0.29) is 36.8 Å². The first-order valence-corrected chi connectivity index (χ1v) is 7.55. The molecule has 1 aromatic carbocycles. The number of nitrogens with zero attached hydrogens (tertiary/aromatic N) is 1. The molecular formula is C16H27Cl2N3O. The third-order valence-electron chi connectivity index (χ3n) is 3.61. The van der Waals surface area contributed by atoms with Crippen molar-refractivity contribution in [2.24, 2.45) is 5.73 Å². The van der Waals surface area contributed by atoms with Crippen molar-refractivity contribution in [3.63, 3.8) is 0 Å². The number of halogens is 2. The highest BCUT2D eigenvalue weighted by molar-refractivity contribution is 5.91. The number of benzene rings is 1. The van der Waals surface area contributed by atoms with Gasteiger partial charge in [0.05, 0.1) is 0 Å². The molecule has 1 aliphatic rings. The Balaban J connectivity index is 0.00000220. The molecule has 0 aromatic heterocycles. The lowest BCUT2D eigenvalue weighted by molar-refractivity contribution is -0.116. The number of hydrogen-bond acceptors (Lipinski definition) is 3. The summed E-state index contributed by atoms with van der Waals surface area (Å²) in [5, 5.41) is 2.92. The van der Waals surface area contributed by atoms with Gasteiger partial charge in [-0.3, -0.25) is 4.79 Å². The van der Waals surface area contributed by atoms with Gasteiger partial charge in [0.25, 0.3) is 0 Å². The molecule has 0 radical (unpaired) electrons. The van der Waals surface area contributed by atoms with Crippen LogP contribution < -0.4 is 16.0 Å². The standard InChI is InChI=1S/C16H25N3O.2ClH/c1-13(17)11-16(20)18-14-7-6-8-15(12-14)19-9-4-2-3-5-10-19;;/h6-8,12-13H,2-5,9-11,17H2,1H3,(H,18,20);2*1H. The molecule has 22 heavy (non-hydrogen) atoms. The molecule has 1 saturated heterocycles. The van der Waals surface area contributed by atoms with Gasteiger partial charge in [0.2, 0.25) is 5.91 Å². The van der Waals surface area contributed by atoms with E-state index in [1.54, 1.807) is 0 Å². The van der Waals surface area contributed by atoms with Crippen LogP contribution in [0.5, 0.6) is 0 Å². The predicted octanol–water partition coefficient (Wildman–Crippen LogP) is 3.59. The molecule has 2 rings (SSSR count). The minimum atomic E-state index is -0.108. The zero-order valence-electron chi connectivity index (χ0n) is 13.1. The van der Waals surface area contributed by atoms with Crippen LogP contribution in [-0.4, -0.2) is 25.0 Å². The van der Waals surface area contributed by atoms with Gasteiger partial charge in [-0.2, -0.15) is 0 Å². The largest absolute Gasteiger partial charge is 0.371 e. The van der Waals surface area contributed by atoms with Crippen LogP contribution in [0.15, 0.2) is 24.3 Å². The van der Waals surface area contributed by atoms with Gasteiger partial charge in [-0.15, -0.1) is 24.8 Å². The Morgan fingerprint density at radius 3 is 2.45 bits per heavy atom. The molecule has 1 atom stereocenters. The van der Waals surface area contributed by atoms with E-state index in [4.69, 9.17) is 5.73 Å². The monoisotopic (exact) mass is 347 g/mol. The number of hydrogen-bond donors (Lipinski definition) is 2. The third kappa shape index (κ3) is 6.86. The van der Waals surface area contributed by atoms with Gasteiger partial charge < -0.3 is 16.0 Å². The molecule has 1 amide bonds. The Morgan fingerprint density at radius 2 is 1.86 bits per heavy atom. The van der Waals surface area contributed by atoms with Crippen molar-refractivity contribution < 1.29 is 4.79 Å². The maximum Gasteiger partial charge on any atom is 0.225 e. The lowest BCUT2D eigenvalue weighted by Crippen LogP contribution is -2.25. The van der Waals surface area contributed by atoms with Crippen molar-refractivity contribution in [3.05, 3.63) is 24.3 Å². The molecule has 4 nitrogen and oxygen atoms in total. The van der Waals surface area contributed by atoms with Crippen LogP contribution >= 0.6 is 24.8 Å². The van der Waals surface area contributed by atoms with Crippen molar-refractivity contribution in [1.82, 2.24) is 0 Å². The Labute approximate surface area is 145 Å². The van der Waals surface area contributed by atoms with E-state index < -0.39 is 0 Å². The SMILES string of the molecule is CC(N)CC(=O)Nc1cccc(N2CCCCCC2)c1.Cl.Cl. The molecule has 1 aliphatic heterocycles. The maximum atomic E-state index is 11.8. The van der Waals surface area contributed by atoms with Crippen LogP contribution in [-0.2, 0) is 4.79 Å². The average molecular weight is 348 g/mol. The number of rotatable bonds is 4. The number of nitrogens with two attached hydrogens (primary N) is 1. The molecule has 1 unspecified atom stereocenters. The number of carbonyl (C=O) groups excluding carboxylic acids is 1. The van der Waals surface area contributed by atoms with Gasteiger partial charge in [-0.25, -0.2) is 0 Å². The van der Waals surface area contributed by atoms with Gasteiger partial charge in [-0.1, -0.05) is 18.9 Å². The van der Waals surface area contributed by atoms with E-state index >= 15 is 0 Å². The summed E-state index contributed by atoms with van der Waals surface area (Å²) in [5.41, 5.74) is 7.70. The molecule has 6 heteroatoms. The molecule has 0 spiro atoms. The van der Waals surface area contributed by atoms with Gasteiger partial charge >= 0.3 is 0 Å². The first-order chi connectivity index (χ1) is 9.65. The highest BCUT2D eigenvalue weighted by atomic mass is 35.5. The summed E-state index contributed by atoms with van der Waals surface area (Å²) < 4.78 is 0. The number of nitrogens with one attached hydrogen (secondary N) is 1. The van der Waals surface area contributed by atoms with E-state index in [9.17, 15) is 4.79 Å². The predicted molar refractivity (Wildman–Crippen MR) is 98.5 cm³/mol. The van der Waals surface area contributed by atoms with E-state index in [0.717, 1.165) is 18.8 Å². The summed E-state index contributed by atoms with van der Waals surface area (Å²) in [4.78, 5) is 14.2. The topological polar surface area (TPSA) is 58.4 Å². The normalized spacial score (nSPS) is 15.8. The minimum absolute atomic E-state index is 0. The molecule has 0 bridgehead atoms. The zero-order chi connectivity index (χ0) is 14.4. The Bertz CT molecular complexity index is 447. The fraction of sp³-hybridized carbons (Fsp3) is 0.562. The second kappa shape index (κ2) is 10.7. The molecule has 126 valence electrons. The summed E-state index contributed by atoms with van der Waals surface area (Å²) in [6.07, 6.45) is 5.50. The van der Waals surface area contributed by atoms with Gasteiger partial charge in [0.15, 0.2) is 0 Å². The lowest BCUT2D eigenvalue weighted by atomic mass is 10.2. The molecular weight excluding hydrogens is 321 g/mol. The number of amides is 1. The lowest BCUT2D eigenvalue weighted by Gasteiger charge is -2.23. The molecule has 1 fully saturated rings. The smallest absolute Gasteiger partial charge is 0.225 e. The van der Waals surface area contributed by atoms with E-state index in [1.165, 1.54) is 31.4 Å². The first kappa shape index (κ1) is 21.0. The fourth-order valence-corrected chi connectivity index (χ4v) is 2.61. The number of anilines is 2. The first-order valence-electron chi connectivity index (χ1n) is 7.55. The Hall–Kier alpha value is -0.970.